The lowest BCUT2D eigenvalue weighted by Crippen LogP contribution is -2.34. The molecule has 1 aliphatic rings. The van der Waals surface area contributed by atoms with Gasteiger partial charge in [0.1, 0.15) is 5.60 Å². The van der Waals surface area contributed by atoms with E-state index < -0.39 is 5.60 Å². The van der Waals surface area contributed by atoms with E-state index in [2.05, 4.69) is 0 Å². The van der Waals surface area contributed by atoms with Crippen molar-refractivity contribution in [2.24, 2.45) is 0 Å². The van der Waals surface area contributed by atoms with Gasteiger partial charge in [-0.1, -0.05) is 18.2 Å². The highest BCUT2D eigenvalue weighted by Crippen LogP contribution is 2.30. The Morgan fingerprint density at radius 1 is 1.38 bits per heavy atom. The second-order valence-corrected chi connectivity index (χ2v) is 4.76. The van der Waals surface area contributed by atoms with Crippen molar-refractivity contribution in [2.75, 3.05) is 6.61 Å². The molecule has 0 amide bonds. The molecule has 1 fully saturated rings. The van der Waals surface area contributed by atoms with E-state index in [4.69, 9.17) is 4.74 Å². The number of carbonyl (C=O) groups is 1. The second kappa shape index (κ2) is 4.02. The zero-order valence-electron chi connectivity index (χ0n) is 10.2. The molecule has 2 rings (SSSR count). The first-order chi connectivity index (χ1) is 7.54. The van der Waals surface area contributed by atoms with Crippen LogP contribution in [0, 0.1) is 13.8 Å². The lowest BCUT2D eigenvalue weighted by atomic mass is 9.88. The van der Waals surface area contributed by atoms with Crippen LogP contribution in [0.2, 0.25) is 0 Å². The Kier molecular flexibility index (Phi) is 2.85. The molecule has 1 saturated heterocycles. The van der Waals surface area contributed by atoms with Gasteiger partial charge in [0.05, 0.1) is 0 Å². The van der Waals surface area contributed by atoms with E-state index in [0.29, 0.717) is 6.61 Å². The predicted octanol–water partition coefficient (Wildman–Crippen LogP) is 3.06. The highest BCUT2D eigenvalue weighted by molar-refractivity contribution is 6.03. The highest BCUT2D eigenvalue weighted by atomic mass is 16.5. The van der Waals surface area contributed by atoms with Gasteiger partial charge in [-0.05, 0) is 44.7 Å². The average molecular weight is 218 g/mol. The molecule has 1 aromatic rings. The molecule has 86 valence electrons. The monoisotopic (exact) mass is 218 g/mol. The number of benzene rings is 1. The minimum Gasteiger partial charge on any atom is -0.367 e. The molecule has 2 nitrogen and oxygen atoms in total. The van der Waals surface area contributed by atoms with Gasteiger partial charge in [0.15, 0.2) is 5.78 Å². The number of carbonyl (C=O) groups excluding carboxylic acids is 1. The fraction of sp³-hybridized carbons (Fsp3) is 0.500. The lowest BCUT2D eigenvalue weighted by molar-refractivity contribution is 0.0213. The molecule has 1 heterocycles. The minimum absolute atomic E-state index is 0.131. The van der Waals surface area contributed by atoms with Crippen molar-refractivity contribution in [3.8, 4) is 0 Å². The summed E-state index contributed by atoms with van der Waals surface area (Å²) in [5.74, 6) is 0.131. The first-order valence-corrected chi connectivity index (χ1v) is 5.79. The minimum atomic E-state index is -0.599. The van der Waals surface area contributed by atoms with Gasteiger partial charge in [0.25, 0.3) is 0 Å². The van der Waals surface area contributed by atoms with Crippen molar-refractivity contribution in [1.82, 2.24) is 0 Å². The Bertz CT molecular complexity index is 415. The molecule has 1 atom stereocenters. The van der Waals surface area contributed by atoms with Crippen molar-refractivity contribution in [3.05, 3.63) is 34.9 Å². The number of ketones is 1. The Morgan fingerprint density at radius 2 is 2.12 bits per heavy atom. The Morgan fingerprint density at radius 3 is 2.75 bits per heavy atom. The van der Waals surface area contributed by atoms with Crippen LogP contribution in [-0.2, 0) is 4.74 Å². The van der Waals surface area contributed by atoms with E-state index in [0.717, 1.165) is 29.5 Å². The zero-order chi connectivity index (χ0) is 11.8. The smallest absolute Gasteiger partial charge is 0.194 e. The van der Waals surface area contributed by atoms with Gasteiger partial charge in [-0.2, -0.15) is 0 Å². The molecular formula is C14H18O2. The third-order valence-electron chi connectivity index (χ3n) is 3.55. The van der Waals surface area contributed by atoms with E-state index in [9.17, 15) is 4.79 Å². The number of Topliss-reactive ketones (excluding diaryl/α,β-unsaturated/α-hetero) is 1. The summed E-state index contributed by atoms with van der Waals surface area (Å²) in [6, 6.07) is 5.87. The molecule has 0 spiro atoms. The summed E-state index contributed by atoms with van der Waals surface area (Å²) in [6.07, 6.45) is 1.81. The molecule has 0 bridgehead atoms. The topological polar surface area (TPSA) is 26.3 Å². The maximum absolute atomic E-state index is 12.4. The Labute approximate surface area is 96.6 Å². The summed E-state index contributed by atoms with van der Waals surface area (Å²) in [6.45, 7) is 6.64. The largest absolute Gasteiger partial charge is 0.367 e. The van der Waals surface area contributed by atoms with Crippen molar-refractivity contribution in [2.45, 2.75) is 39.2 Å². The molecule has 1 unspecified atom stereocenters. The number of hydrogen-bond donors (Lipinski definition) is 0. The normalized spacial score (nSPS) is 24.7. The van der Waals surface area contributed by atoms with Gasteiger partial charge in [-0.3, -0.25) is 4.79 Å². The highest BCUT2D eigenvalue weighted by Gasteiger charge is 2.38. The molecular weight excluding hydrogens is 200 g/mol. The molecule has 0 N–H and O–H groups in total. The number of ether oxygens (including phenoxy) is 1. The third-order valence-corrected chi connectivity index (χ3v) is 3.55. The van der Waals surface area contributed by atoms with Crippen molar-refractivity contribution < 1.29 is 9.53 Å². The van der Waals surface area contributed by atoms with Crippen molar-refractivity contribution in [1.29, 1.82) is 0 Å². The lowest BCUT2D eigenvalue weighted by Gasteiger charge is -2.22. The van der Waals surface area contributed by atoms with E-state index in [-0.39, 0.29) is 5.78 Å². The molecule has 1 aromatic carbocycles. The fourth-order valence-electron chi connectivity index (χ4n) is 2.24. The van der Waals surface area contributed by atoms with Gasteiger partial charge in [0, 0.05) is 12.2 Å². The van der Waals surface area contributed by atoms with Crippen molar-refractivity contribution in [3.63, 3.8) is 0 Å². The van der Waals surface area contributed by atoms with Gasteiger partial charge in [-0.25, -0.2) is 0 Å². The molecule has 0 aromatic heterocycles. The van der Waals surface area contributed by atoms with Crippen LogP contribution in [0.15, 0.2) is 18.2 Å². The maximum atomic E-state index is 12.4. The van der Waals surface area contributed by atoms with E-state index >= 15 is 0 Å². The number of hydrogen-bond acceptors (Lipinski definition) is 2. The van der Waals surface area contributed by atoms with Gasteiger partial charge < -0.3 is 4.74 Å². The second-order valence-electron chi connectivity index (χ2n) is 4.76. The van der Waals surface area contributed by atoms with Crippen molar-refractivity contribution >= 4 is 5.78 Å². The summed E-state index contributed by atoms with van der Waals surface area (Å²) in [4.78, 5) is 12.4. The first-order valence-electron chi connectivity index (χ1n) is 5.79. The van der Waals surface area contributed by atoms with Crippen LogP contribution in [0.1, 0.15) is 41.3 Å². The molecule has 16 heavy (non-hydrogen) atoms. The van der Waals surface area contributed by atoms with E-state index in [1.807, 2.05) is 39.0 Å². The molecule has 1 aliphatic heterocycles. The van der Waals surface area contributed by atoms with Crippen LogP contribution in [0.4, 0.5) is 0 Å². The summed E-state index contributed by atoms with van der Waals surface area (Å²) in [7, 11) is 0. The van der Waals surface area contributed by atoms with Gasteiger partial charge >= 0.3 is 0 Å². The average Bonchev–Trinajstić information content (AvgIpc) is 2.70. The molecule has 0 radical (unpaired) electrons. The zero-order valence-corrected chi connectivity index (χ0v) is 10.2. The molecule has 0 aliphatic carbocycles. The Hall–Kier alpha value is -1.15. The van der Waals surface area contributed by atoms with E-state index in [1.54, 1.807) is 0 Å². The quantitative estimate of drug-likeness (QED) is 0.713. The standard InChI is InChI=1S/C14H18O2/c1-10-6-4-7-12(11(10)2)13(15)14(3)8-5-9-16-14/h4,6-7H,5,8-9H2,1-3H3. The summed E-state index contributed by atoms with van der Waals surface area (Å²) >= 11 is 0. The van der Waals surface area contributed by atoms with Crippen LogP contribution in [0.3, 0.4) is 0 Å². The van der Waals surface area contributed by atoms with Crippen LogP contribution in [0.25, 0.3) is 0 Å². The van der Waals surface area contributed by atoms with Crippen LogP contribution in [-0.4, -0.2) is 18.0 Å². The summed E-state index contributed by atoms with van der Waals surface area (Å²) < 4.78 is 5.60. The third kappa shape index (κ3) is 1.78. The van der Waals surface area contributed by atoms with Gasteiger partial charge in [0.2, 0.25) is 0 Å². The summed E-state index contributed by atoms with van der Waals surface area (Å²) in [5, 5.41) is 0. The molecule has 0 saturated carbocycles. The van der Waals surface area contributed by atoms with E-state index in [1.165, 1.54) is 0 Å². The van der Waals surface area contributed by atoms with Crippen LogP contribution < -0.4 is 0 Å². The van der Waals surface area contributed by atoms with Crippen LogP contribution in [0.5, 0.6) is 0 Å². The fourth-order valence-corrected chi connectivity index (χ4v) is 2.24. The number of aryl methyl sites for hydroxylation is 1. The summed E-state index contributed by atoms with van der Waals surface area (Å²) in [5.41, 5.74) is 2.44. The Balaban J connectivity index is 2.37. The SMILES string of the molecule is Cc1cccc(C(=O)C2(C)CCCO2)c1C. The van der Waals surface area contributed by atoms with Gasteiger partial charge in [-0.15, -0.1) is 0 Å². The molecule has 2 heteroatoms. The van der Waals surface area contributed by atoms with Crippen LogP contribution >= 0.6 is 0 Å². The maximum Gasteiger partial charge on any atom is 0.194 e. The number of rotatable bonds is 2. The predicted molar refractivity (Wildman–Crippen MR) is 63.8 cm³/mol. The first kappa shape index (κ1) is 11.3.